The Morgan fingerprint density at radius 3 is 2.85 bits per heavy atom. The van der Waals surface area contributed by atoms with Gasteiger partial charge < -0.3 is 9.63 Å². The topological polar surface area (TPSA) is 59.2 Å². The van der Waals surface area contributed by atoms with Crippen molar-refractivity contribution >= 4 is 0 Å². The maximum Gasteiger partial charge on any atom is 0.232 e. The van der Waals surface area contributed by atoms with E-state index in [1.165, 1.54) is 12.1 Å². The first kappa shape index (κ1) is 13.2. The summed E-state index contributed by atoms with van der Waals surface area (Å²) in [5.74, 6) is 0.578. The fourth-order valence-corrected chi connectivity index (χ4v) is 2.77. The van der Waals surface area contributed by atoms with Crippen molar-refractivity contribution < 1.29 is 14.0 Å². The molecule has 0 amide bonds. The monoisotopic (exact) mass is 276 g/mol. The van der Waals surface area contributed by atoms with Crippen molar-refractivity contribution in [3.63, 3.8) is 0 Å². The summed E-state index contributed by atoms with van der Waals surface area (Å²) in [6.07, 6.45) is 3.33. The molecule has 1 aromatic heterocycles. The van der Waals surface area contributed by atoms with E-state index >= 15 is 0 Å². The van der Waals surface area contributed by atoms with E-state index in [0.717, 1.165) is 36.8 Å². The Bertz CT molecular complexity index is 612. The molecule has 1 aliphatic rings. The molecule has 0 radical (unpaired) electrons. The number of rotatable bonds is 2. The molecule has 4 nitrogen and oxygen atoms in total. The zero-order valence-corrected chi connectivity index (χ0v) is 11.3. The molecule has 1 fully saturated rings. The van der Waals surface area contributed by atoms with Gasteiger partial charge in [-0.1, -0.05) is 18.0 Å². The molecule has 1 aromatic carbocycles. The minimum Gasteiger partial charge on any atom is -0.392 e. The Hall–Kier alpha value is -1.75. The molecule has 1 heterocycles. The molecule has 2 atom stereocenters. The summed E-state index contributed by atoms with van der Waals surface area (Å²) < 4.78 is 18.4. The van der Waals surface area contributed by atoms with Crippen LogP contribution in [-0.2, 0) is 0 Å². The van der Waals surface area contributed by atoms with Crippen molar-refractivity contribution in [2.24, 2.45) is 0 Å². The Labute approximate surface area is 116 Å². The molecule has 1 N–H and O–H groups in total. The van der Waals surface area contributed by atoms with Crippen LogP contribution in [0.4, 0.5) is 4.39 Å². The average Bonchev–Trinajstić information content (AvgIpc) is 2.88. The fourth-order valence-electron chi connectivity index (χ4n) is 2.77. The largest absolute Gasteiger partial charge is 0.392 e. The van der Waals surface area contributed by atoms with Gasteiger partial charge in [-0.05, 0) is 43.5 Å². The van der Waals surface area contributed by atoms with Gasteiger partial charge in [-0.3, -0.25) is 0 Å². The maximum absolute atomic E-state index is 13.1. The number of halogens is 1. The summed E-state index contributed by atoms with van der Waals surface area (Å²) in [5, 5.41) is 14.0. The first-order chi connectivity index (χ1) is 9.65. The molecule has 1 aliphatic carbocycles. The van der Waals surface area contributed by atoms with Gasteiger partial charge in [0.05, 0.1) is 12.0 Å². The van der Waals surface area contributed by atoms with E-state index in [1.807, 2.05) is 6.92 Å². The lowest BCUT2D eigenvalue weighted by Gasteiger charge is -2.24. The lowest BCUT2D eigenvalue weighted by Crippen LogP contribution is -2.22. The third kappa shape index (κ3) is 2.45. The van der Waals surface area contributed by atoms with E-state index in [1.54, 1.807) is 6.07 Å². The van der Waals surface area contributed by atoms with Crippen molar-refractivity contribution in [3.05, 3.63) is 35.5 Å². The van der Waals surface area contributed by atoms with Gasteiger partial charge in [0.25, 0.3) is 0 Å². The summed E-state index contributed by atoms with van der Waals surface area (Å²) in [4.78, 5) is 4.38. The average molecular weight is 276 g/mol. The van der Waals surface area contributed by atoms with Gasteiger partial charge in [0.1, 0.15) is 5.82 Å². The van der Waals surface area contributed by atoms with Gasteiger partial charge in [0, 0.05) is 5.56 Å². The molecule has 0 bridgehead atoms. The SMILES string of the molecule is Cc1cc(F)ccc1-c1noc(C2CCCCC2O)n1. The highest BCUT2D eigenvalue weighted by Gasteiger charge is 2.29. The van der Waals surface area contributed by atoms with Crippen molar-refractivity contribution in [1.29, 1.82) is 0 Å². The zero-order chi connectivity index (χ0) is 14.1. The van der Waals surface area contributed by atoms with Gasteiger partial charge >= 0.3 is 0 Å². The number of benzene rings is 1. The number of aromatic nitrogens is 2. The van der Waals surface area contributed by atoms with Gasteiger partial charge in [-0.2, -0.15) is 4.98 Å². The van der Waals surface area contributed by atoms with E-state index in [4.69, 9.17) is 4.52 Å². The first-order valence-electron chi connectivity index (χ1n) is 6.93. The number of hydrogen-bond donors (Lipinski definition) is 1. The van der Waals surface area contributed by atoms with Gasteiger partial charge in [0.2, 0.25) is 11.7 Å². The van der Waals surface area contributed by atoms with Crippen LogP contribution in [0, 0.1) is 12.7 Å². The molecule has 2 unspecified atom stereocenters. The lowest BCUT2D eigenvalue weighted by molar-refractivity contribution is 0.0908. The molecule has 0 spiro atoms. The number of aliphatic hydroxyl groups excluding tert-OH is 1. The van der Waals surface area contributed by atoms with Crippen LogP contribution < -0.4 is 0 Å². The maximum atomic E-state index is 13.1. The summed E-state index contributed by atoms with van der Waals surface area (Å²) in [6, 6.07) is 4.48. The molecule has 0 aliphatic heterocycles. The van der Waals surface area contributed by atoms with Crippen LogP contribution in [0.1, 0.15) is 43.1 Å². The van der Waals surface area contributed by atoms with Crippen LogP contribution in [-0.4, -0.2) is 21.4 Å². The fraction of sp³-hybridized carbons (Fsp3) is 0.467. The van der Waals surface area contributed by atoms with Crippen molar-refractivity contribution in [2.45, 2.75) is 44.6 Å². The molecule has 2 aromatic rings. The lowest BCUT2D eigenvalue weighted by atomic mass is 9.86. The Morgan fingerprint density at radius 1 is 1.30 bits per heavy atom. The molecular formula is C15H17FN2O2. The second kappa shape index (κ2) is 5.32. The summed E-state index contributed by atoms with van der Waals surface area (Å²) in [5.41, 5.74) is 1.52. The molecule has 0 saturated heterocycles. The van der Waals surface area contributed by atoms with Crippen LogP contribution in [0.25, 0.3) is 11.4 Å². The molecular weight excluding hydrogens is 259 g/mol. The minimum atomic E-state index is -0.411. The molecule has 5 heteroatoms. The number of aliphatic hydroxyl groups is 1. The van der Waals surface area contributed by atoms with Crippen molar-refractivity contribution in [1.82, 2.24) is 10.1 Å². The quantitative estimate of drug-likeness (QED) is 0.915. The number of aryl methyl sites for hydroxylation is 1. The van der Waals surface area contributed by atoms with Gasteiger partial charge in [-0.15, -0.1) is 0 Å². The van der Waals surface area contributed by atoms with Crippen LogP contribution in [0.15, 0.2) is 22.7 Å². The third-order valence-electron chi connectivity index (χ3n) is 3.92. The molecule has 1 saturated carbocycles. The third-order valence-corrected chi connectivity index (χ3v) is 3.92. The first-order valence-corrected chi connectivity index (χ1v) is 6.93. The predicted octanol–water partition coefficient (Wildman–Crippen LogP) is 3.20. The van der Waals surface area contributed by atoms with E-state index in [2.05, 4.69) is 10.1 Å². The molecule has 20 heavy (non-hydrogen) atoms. The second-order valence-electron chi connectivity index (χ2n) is 5.37. The molecule has 106 valence electrons. The number of hydrogen-bond acceptors (Lipinski definition) is 4. The van der Waals surface area contributed by atoms with Crippen molar-refractivity contribution in [3.8, 4) is 11.4 Å². The van der Waals surface area contributed by atoms with Crippen molar-refractivity contribution in [2.75, 3.05) is 0 Å². The van der Waals surface area contributed by atoms with Gasteiger partial charge in [-0.25, -0.2) is 4.39 Å². The summed E-state index contributed by atoms with van der Waals surface area (Å²) >= 11 is 0. The van der Waals surface area contributed by atoms with Crippen LogP contribution >= 0.6 is 0 Å². The summed E-state index contributed by atoms with van der Waals surface area (Å²) in [7, 11) is 0. The predicted molar refractivity (Wildman–Crippen MR) is 71.6 cm³/mol. The standard InChI is InChI=1S/C15H17FN2O2/c1-9-8-10(16)6-7-11(9)14-17-15(20-18-14)12-4-2-3-5-13(12)19/h6-8,12-13,19H,2-5H2,1H3. The van der Waals surface area contributed by atoms with Crippen LogP contribution in [0.5, 0.6) is 0 Å². The van der Waals surface area contributed by atoms with Crippen LogP contribution in [0.2, 0.25) is 0 Å². The minimum absolute atomic E-state index is 0.0780. The highest BCUT2D eigenvalue weighted by Crippen LogP contribution is 2.33. The highest BCUT2D eigenvalue weighted by molar-refractivity contribution is 5.59. The molecule has 3 rings (SSSR count). The van der Waals surface area contributed by atoms with E-state index in [0.29, 0.717) is 11.7 Å². The Morgan fingerprint density at radius 2 is 2.10 bits per heavy atom. The van der Waals surface area contributed by atoms with E-state index < -0.39 is 6.10 Å². The second-order valence-corrected chi connectivity index (χ2v) is 5.37. The summed E-state index contributed by atoms with van der Waals surface area (Å²) in [6.45, 7) is 1.81. The van der Waals surface area contributed by atoms with Crippen LogP contribution in [0.3, 0.4) is 0 Å². The van der Waals surface area contributed by atoms with E-state index in [9.17, 15) is 9.50 Å². The number of nitrogens with zero attached hydrogens (tertiary/aromatic N) is 2. The normalized spacial score (nSPS) is 22.9. The Kier molecular flexibility index (Phi) is 3.53. The Balaban J connectivity index is 1.89. The smallest absolute Gasteiger partial charge is 0.232 e. The zero-order valence-electron chi connectivity index (χ0n) is 11.3. The highest BCUT2D eigenvalue weighted by atomic mass is 19.1. The van der Waals surface area contributed by atoms with E-state index in [-0.39, 0.29) is 11.7 Å². The van der Waals surface area contributed by atoms with Gasteiger partial charge in [0.15, 0.2) is 0 Å².